The maximum Gasteiger partial charge on any atom is 0.410 e. The Bertz CT molecular complexity index is 667. The lowest BCUT2D eigenvalue weighted by atomic mass is 9.85. The van der Waals surface area contributed by atoms with E-state index in [1.54, 1.807) is 13.0 Å². The van der Waals surface area contributed by atoms with Crippen molar-refractivity contribution < 1.29 is 18.0 Å². The molecule has 0 bridgehead atoms. The molecule has 0 spiro atoms. The number of piperidine rings is 1. The van der Waals surface area contributed by atoms with Gasteiger partial charge >= 0.3 is 6.18 Å². The molecule has 0 unspecified atom stereocenters. The Morgan fingerprint density at radius 2 is 2.08 bits per heavy atom. The molecule has 2 fully saturated rings. The van der Waals surface area contributed by atoms with Crippen LogP contribution in [-0.2, 0) is 4.79 Å². The molecule has 4 rings (SSSR count). The third-order valence-electron chi connectivity index (χ3n) is 5.61. The molecule has 1 saturated heterocycles. The van der Waals surface area contributed by atoms with Crippen LogP contribution in [0.2, 0.25) is 0 Å². The number of carbonyl (C=O) groups is 1. The average molecular weight is 356 g/mol. The molecule has 1 N–H and O–H groups in total. The Kier molecular flexibility index (Phi) is 3.96. The lowest BCUT2D eigenvalue weighted by Gasteiger charge is -2.41. The van der Waals surface area contributed by atoms with E-state index in [1.165, 1.54) is 0 Å². The first kappa shape index (κ1) is 16.7. The van der Waals surface area contributed by atoms with Crippen LogP contribution < -0.4 is 5.32 Å². The summed E-state index contributed by atoms with van der Waals surface area (Å²) in [6.07, 6.45) is -0.744. The van der Waals surface area contributed by atoms with Crippen molar-refractivity contribution in [2.75, 3.05) is 18.4 Å². The van der Waals surface area contributed by atoms with Gasteiger partial charge in [-0.3, -0.25) is 4.79 Å². The molecule has 2 aliphatic heterocycles. The lowest BCUT2D eigenvalue weighted by Crippen LogP contribution is -2.49. The maximum absolute atomic E-state index is 13.5. The molecule has 1 saturated carbocycles. The van der Waals surface area contributed by atoms with Crippen molar-refractivity contribution >= 4 is 11.7 Å². The largest absolute Gasteiger partial charge is 0.410 e. The molecular weight excluding hydrogens is 333 g/mol. The quantitative estimate of drug-likeness (QED) is 0.886. The maximum atomic E-state index is 13.5. The first-order valence-corrected chi connectivity index (χ1v) is 9.01. The van der Waals surface area contributed by atoms with Gasteiger partial charge in [0.2, 0.25) is 5.91 Å². The molecule has 0 aromatic carbocycles. The van der Waals surface area contributed by atoms with Gasteiger partial charge in [0.15, 0.2) is 6.04 Å². The van der Waals surface area contributed by atoms with Gasteiger partial charge in [-0.05, 0) is 44.9 Å². The molecule has 3 atom stereocenters. The number of likely N-dealkylation sites (tertiary alicyclic amines) is 1. The summed E-state index contributed by atoms with van der Waals surface area (Å²) in [5.74, 6) is 0.825. The van der Waals surface area contributed by atoms with Gasteiger partial charge in [-0.2, -0.15) is 18.3 Å². The number of nitrogens with zero attached hydrogens (tertiary/aromatic N) is 3. The van der Waals surface area contributed by atoms with Gasteiger partial charge < -0.3 is 10.2 Å². The molecule has 1 aliphatic carbocycles. The number of alkyl halides is 3. The number of aromatic nitrogens is 2. The summed E-state index contributed by atoms with van der Waals surface area (Å²) < 4.78 is 41.7. The van der Waals surface area contributed by atoms with Gasteiger partial charge in [-0.1, -0.05) is 0 Å². The number of hydrogen-bond acceptors (Lipinski definition) is 3. The molecule has 3 heterocycles. The molecule has 8 heteroatoms. The second kappa shape index (κ2) is 5.92. The fourth-order valence-electron chi connectivity index (χ4n) is 4.16. The molecule has 0 radical (unpaired) electrons. The lowest BCUT2D eigenvalue weighted by molar-refractivity contribution is -0.175. The highest BCUT2D eigenvalue weighted by atomic mass is 19.4. The number of rotatable bonds is 2. The monoisotopic (exact) mass is 356 g/mol. The van der Waals surface area contributed by atoms with Crippen LogP contribution in [0.1, 0.15) is 43.8 Å². The topological polar surface area (TPSA) is 50.2 Å². The minimum atomic E-state index is -4.33. The first-order chi connectivity index (χ1) is 11.8. The van der Waals surface area contributed by atoms with Crippen LogP contribution in [-0.4, -0.2) is 45.9 Å². The zero-order valence-corrected chi connectivity index (χ0v) is 14.2. The molecule has 5 nitrogen and oxygen atoms in total. The number of carbonyl (C=O) groups excluding carboxylic acids is 1. The fourth-order valence-corrected chi connectivity index (χ4v) is 4.16. The van der Waals surface area contributed by atoms with Gasteiger partial charge in [0, 0.05) is 31.1 Å². The number of halogens is 3. The Morgan fingerprint density at radius 1 is 1.32 bits per heavy atom. The van der Waals surface area contributed by atoms with Crippen molar-refractivity contribution in [1.29, 1.82) is 0 Å². The second-order valence-electron chi connectivity index (χ2n) is 7.62. The fraction of sp³-hybridized carbons (Fsp3) is 0.765. The Hall–Kier alpha value is -1.73. The van der Waals surface area contributed by atoms with E-state index in [-0.39, 0.29) is 30.2 Å². The van der Waals surface area contributed by atoms with Gasteiger partial charge in [0.05, 0.1) is 5.69 Å². The highest BCUT2D eigenvalue weighted by Crippen LogP contribution is 2.42. The molecule has 25 heavy (non-hydrogen) atoms. The second-order valence-corrected chi connectivity index (χ2v) is 7.62. The highest BCUT2D eigenvalue weighted by Gasteiger charge is 2.48. The van der Waals surface area contributed by atoms with Crippen LogP contribution in [0, 0.1) is 18.8 Å². The van der Waals surface area contributed by atoms with Crippen molar-refractivity contribution in [3.05, 3.63) is 11.8 Å². The van der Waals surface area contributed by atoms with Crippen LogP contribution in [0.3, 0.4) is 0 Å². The van der Waals surface area contributed by atoms with Gasteiger partial charge in [-0.15, -0.1) is 0 Å². The molecule has 1 aromatic rings. The molecule has 3 aliphatic rings. The zero-order valence-electron chi connectivity index (χ0n) is 14.2. The van der Waals surface area contributed by atoms with Crippen LogP contribution in [0.25, 0.3) is 0 Å². The van der Waals surface area contributed by atoms with Gasteiger partial charge in [-0.25, -0.2) is 4.68 Å². The van der Waals surface area contributed by atoms with Crippen molar-refractivity contribution in [2.45, 2.75) is 57.3 Å². The minimum absolute atomic E-state index is 0.0340. The Balaban J connectivity index is 1.53. The van der Waals surface area contributed by atoms with E-state index >= 15 is 0 Å². The highest BCUT2D eigenvalue weighted by molar-refractivity contribution is 5.81. The Morgan fingerprint density at radius 3 is 2.76 bits per heavy atom. The first-order valence-electron chi connectivity index (χ1n) is 9.01. The van der Waals surface area contributed by atoms with E-state index < -0.39 is 12.2 Å². The summed E-state index contributed by atoms with van der Waals surface area (Å²) in [6, 6.07) is -0.220. The predicted molar refractivity (Wildman–Crippen MR) is 86.1 cm³/mol. The van der Waals surface area contributed by atoms with Crippen molar-refractivity contribution in [3.63, 3.8) is 0 Å². The van der Waals surface area contributed by atoms with Crippen LogP contribution in [0.5, 0.6) is 0 Å². The summed E-state index contributed by atoms with van der Waals surface area (Å²) >= 11 is 0. The normalized spacial score (nSPS) is 29.9. The minimum Gasteiger partial charge on any atom is -0.367 e. The third-order valence-corrected chi connectivity index (χ3v) is 5.61. The molecular formula is C17H23F3N4O. The van der Waals surface area contributed by atoms with E-state index in [0.717, 1.165) is 36.9 Å². The summed E-state index contributed by atoms with van der Waals surface area (Å²) in [5.41, 5.74) is 0.576. The Labute approximate surface area is 144 Å². The molecule has 138 valence electrons. The molecule has 1 aromatic heterocycles. The standard InChI is InChI=1S/C17H23F3N4O/c1-10-7-15-21-13(8-14(17(18,19)20)24(15)22-10)12-3-2-6-23(9-12)16(25)11-4-5-11/h7,11-14,21H,2-6,8-9H2,1H3/t12-,13-,14+/m0/s1. The van der Waals surface area contributed by atoms with E-state index in [1.807, 2.05) is 4.90 Å². The van der Waals surface area contributed by atoms with Gasteiger partial charge in [0.1, 0.15) is 5.82 Å². The zero-order chi connectivity index (χ0) is 17.8. The van der Waals surface area contributed by atoms with Crippen LogP contribution in [0.4, 0.5) is 19.0 Å². The van der Waals surface area contributed by atoms with Crippen LogP contribution >= 0.6 is 0 Å². The van der Waals surface area contributed by atoms with Gasteiger partial charge in [0.25, 0.3) is 0 Å². The number of anilines is 1. The number of nitrogens with one attached hydrogen (secondary N) is 1. The number of aryl methyl sites for hydroxylation is 1. The summed E-state index contributed by atoms with van der Waals surface area (Å²) in [7, 11) is 0. The SMILES string of the molecule is Cc1cc2n(n1)[C@@H](C(F)(F)F)C[C@@H]([C@H]1CCCN(C(=O)C3CC3)C1)N2. The smallest absolute Gasteiger partial charge is 0.367 e. The summed E-state index contributed by atoms with van der Waals surface area (Å²) in [6.45, 7) is 3.00. The van der Waals surface area contributed by atoms with E-state index in [4.69, 9.17) is 0 Å². The third kappa shape index (κ3) is 3.22. The van der Waals surface area contributed by atoms with Crippen molar-refractivity contribution in [1.82, 2.24) is 14.7 Å². The number of fused-ring (bicyclic) bond motifs is 1. The van der Waals surface area contributed by atoms with Crippen molar-refractivity contribution in [2.24, 2.45) is 11.8 Å². The van der Waals surface area contributed by atoms with Crippen LogP contribution in [0.15, 0.2) is 6.07 Å². The van der Waals surface area contributed by atoms with Crippen molar-refractivity contribution in [3.8, 4) is 0 Å². The number of hydrogen-bond donors (Lipinski definition) is 1. The average Bonchev–Trinajstić information content (AvgIpc) is 3.33. The molecule has 1 amide bonds. The van der Waals surface area contributed by atoms with E-state index in [9.17, 15) is 18.0 Å². The summed E-state index contributed by atoms with van der Waals surface area (Å²) in [5, 5.41) is 7.28. The van der Waals surface area contributed by atoms with E-state index in [2.05, 4.69) is 10.4 Å². The predicted octanol–water partition coefficient (Wildman–Crippen LogP) is 3.13. The van der Waals surface area contributed by atoms with E-state index in [0.29, 0.717) is 18.1 Å². The number of amides is 1. The summed E-state index contributed by atoms with van der Waals surface area (Å²) in [4.78, 5) is 14.2.